The van der Waals surface area contributed by atoms with Crippen LogP contribution in [0.15, 0.2) is 70.3 Å². The number of methoxy groups -OCH3 is 1. The van der Waals surface area contributed by atoms with Gasteiger partial charge in [-0.05, 0) is 36.4 Å². The van der Waals surface area contributed by atoms with Crippen LogP contribution in [0.25, 0.3) is 0 Å². The molecule has 3 aliphatic rings. The van der Waals surface area contributed by atoms with Crippen LogP contribution in [0.2, 0.25) is 5.02 Å². The van der Waals surface area contributed by atoms with Gasteiger partial charge in [-0.2, -0.15) is 0 Å². The third-order valence-corrected chi connectivity index (χ3v) is 8.77. The molecule has 1 aromatic heterocycles. The summed E-state index contributed by atoms with van der Waals surface area (Å²) in [5.41, 5.74) is 2.03. The number of carboxylic acid groups (broad SMARTS) is 1. The molecule has 4 heterocycles. The van der Waals surface area contributed by atoms with Crippen LogP contribution in [-0.4, -0.2) is 89.6 Å². The summed E-state index contributed by atoms with van der Waals surface area (Å²) in [6.45, 7) is 2.28. The molecule has 15 heteroatoms. The van der Waals surface area contributed by atoms with Gasteiger partial charge in [0.15, 0.2) is 10.8 Å². The number of benzene rings is 2. The van der Waals surface area contributed by atoms with Crippen LogP contribution in [0, 0.1) is 5.82 Å². The number of hydrogen-bond acceptors (Lipinski definition) is 9. The molecule has 0 spiro atoms. The zero-order valence-electron chi connectivity index (χ0n) is 23.3. The Hall–Kier alpha value is -4.04. The van der Waals surface area contributed by atoms with Gasteiger partial charge in [-0.3, -0.25) is 14.8 Å². The van der Waals surface area contributed by atoms with Gasteiger partial charge in [-0.1, -0.05) is 17.7 Å². The molecule has 0 radical (unpaired) electrons. The summed E-state index contributed by atoms with van der Waals surface area (Å²) in [5, 5.41) is 15.1. The lowest BCUT2D eigenvalue weighted by Crippen LogP contribution is -2.53. The second kappa shape index (κ2) is 12.9. The number of thiazole rings is 1. The molecule has 2 amide bonds. The molecule has 3 aliphatic heterocycles. The maximum atomic E-state index is 13.9. The van der Waals surface area contributed by atoms with Crippen LogP contribution in [-0.2, 0) is 9.53 Å². The van der Waals surface area contributed by atoms with E-state index in [4.69, 9.17) is 21.3 Å². The molecule has 2 N–H and O–H groups in total. The highest BCUT2D eigenvalue weighted by molar-refractivity contribution is 7.11. The number of carboxylic acids is 1. The molecule has 0 aliphatic carbocycles. The van der Waals surface area contributed by atoms with Gasteiger partial charge in [0, 0.05) is 66.3 Å². The lowest BCUT2D eigenvalue weighted by Gasteiger charge is -2.38. The first-order valence-corrected chi connectivity index (χ1v) is 14.6. The van der Waals surface area contributed by atoms with E-state index in [1.165, 1.54) is 48.8 Å². The number of nitrogens with one attached hydrogen (secondary N) is 1. The molecule has 0 saturated carbocycles. The van der Waals surface area contributed by atoms with E-state index >= 15 is 0 Å². The van der Waals surface area contributed by atoms with Crippen molar-refractivity contribution in [3.8, 4) is 0 Å². The van der Waals surface area contributed by atoms with Crippen molar-refractivity contribution in [3.05, 3.63) is 92.3 Å². The highest BCUT2D eigenvalue weighted by atomic mass is 35.5. The molecule has 2 saturated heterocycles. The monoisotopic (exact) mass is 660 g/mol. The zero-order valence-corrected chi connectivity index (χ0v) is 25.7. The third kappa shape index (κ3) is 6.00. The normalized spacial score (nSPS) is 20.1. The van der Waals surface area contributed by atoms with Crippen LogP contribution in [0.5, 0.6) is 0 Å². The Morgan fingerprint density at radius 1 is 1.18 bits per heavy atom. The van der Waals surface area contributed by atoms with E-state index in [0.717, 1.165) is 0 Å². The molecule has 230 valence electrons. The third-order valence-electron chi connectivity index (χ3n) is 7.67. The van der Waals surface area contributed by atoms with Gasteiger partial charge in [0.1, 0.15) is 11.9 Å². The molecule has 2 atom stereocenters. The van der Waals surface area contributed by atoms with Crippen molar-refractivity contribution in [1.29, 1.82) is 0 Å². The molecular weight excluding hydrogens is 634 g/mol. The molecule has 0 bridgehead atoms. The minimum absolute atomic E-state index is 0. The number of aromatic carboxylic acids is 1. The van der Waals surface area contributed by atoms with Gasteiger partial charge >= 0.3 is 18.0 Å². The quantitative estimate of drug-likeness (QED) is 0.361. The SMILES string of the molecule is COC(=O)C1=C(CN2CCN3C(=O)N(c4ccc(C(=O)O)cc4)C[C@@H]3C2)NC(c2nccs2)=N[C@H]1c1ccc(F)cc1Cl.Cl. The van der Waals surface area contributed by atoms with E-state index in [1.807, 2.05) is 10.3 Å². The van der Waals surface area contributed by atoms with Crippen LogP contribution in [0.1, 0.15) is 27.0 Å². The van der Waals surface area contributed by atoms with Crippen molar-refractivity contribution in [2.24, 2.45) is 4.99 Å². The number of amidine groups is 1. The summed E-state index contributed by atoms with van der Waals surface area (Å²) in [5.74, 6) is -1.68. The van der Waals surface area contributed by atoms with Gasteiger partial charge in [-0.15, -0.1) is 23.7 Å². The molecule has 2 fully saturated rings. The molecular formula is C29H27Cl2FN6O5S. The maximum Gasteiger partial charge on any atom is 0.338 e. The Morgan fingerprint density at radius 3 is 2.61 bits per heavy atom. The first-order valence-electron chi connectivity index (χ1n) is 13.4. The number of esters is 1. The summed E-state index contributed by atoms with van der Waals surface area (Å²) in [6, 6.07) is 9.07. The van der Waals surface area contributed by atoms with Crippen molar-refractivity contribution in [2.45, 2.75) is 12.1 Å². The number of halogens is 3. The number of nitrogens with zero attached hydrogens (tertiary/aromatic N) is 5. The van der Waals surface area contributed by atoms with Gasteiger partial charge < -0.3 is 20.1 Å². The summed E-state index contributed by atoms with van der Waals surface area (Å²) < 4.78 is 19.1. The minimum Gasteiger partial charge on any atom is -0.478 e. The summed E-state index contributed by atoms with van der Waals surface area (Å²) in [6.07, 6.45) is 1.65. The average molecular weight is 662 g/mol. The Bertz CT molecular complexity index is 1650. The van der Waals surface area contributed by atoms with Gasteiger partial charge in [-0.25, -0.2) is 23.8 Å². The minimum atomic E-state index is -1.03. The van der Waals surface area contributed by atoms with Crippen LogP contribution in [0.4, 0.5) is 14.9 Å². The largest absolute Gasteiger partial charge is 0.478 e. The number of fused-ring (bicyclic) bond motifs is 1. The van der Waals surface area contributed by atoms with Crippen LogP contribution >= 0.6 is 35.3 Å². The van der Waals surface area contributed by atoms with E-state index in [-0.39, 0.29) is 40.6 Å². The van der Waals surface area contributed by atoms with Gasteiger partial charge in [0.05, 0.1) is 24.3 Å². The predicted octanol–water partition coefficient (Wildman–Crippen LogP) is 4.20. The molecule has 6 rings (SSSR count). The van der Waals surface area contributed by atoms with Crippen molar-refractivity contribution in [2.75, 3.05) is 44.7 Å². The molecule has 2 aromatic carbocycles. The number of anilines is 1. The molecule has 0 unspecified atom stereocenters. The Labute approximate surface area is 267 Å². The number of carbonyl (C=O) groups is 3. The Kier molecular flexibility index (Phi) is 9.20. The second-order valence-electron chi connectivity index (χ2n) is 10.2. The summed E-state index contributed by atoms with van der Waals surface area (Å²) in [7, 11) is 1.29. The fourth-order valence-electron chi connectivity index (χ4n) is 5.61. The molecule has 3 aromatic rings. The fourth-order valence-corrected chi connectivity index (χ4v) is 6.47. The first kappa shape index (κ1) is 31.4. The maximum absolute atomic E-state index is 13.9. The average Bonchev–Trinajstić information content (AvgIpc) is 3.65. The summed E-state index contributed by atoms with van der Waals surface area (Å²) >= 11 is 7.83. The first-order chi connectivity index (χ1) is 20.7. The van der Waals surface area contributed by atoms with Gasteiger partial charge in [0.2, 0.25) is 0 Å². The van der Waals surface area contributed by atoms with Crippen LogP contribution < -0.4 is 10.2 Å². The number of aromatic nitrogens is 1. The van der Waals surface area contributed by atoms with E-state index in [0.29, 0.717) is 60.5 Å². The lowest BCUT2D eigenvalue weighted by atomic mass is 9.95. The number of rotatable bonds is 7. The molecule has 44 heavy (non-hydrogen) atoms. The zero-order chi connectivity index (χ0) is 30.2. The van der Waals surface area contributed by atoms with E-state index in [1.54, 1.807) is 23.2 Å². The summed E-state index contributed by atoms with van der Waals surface area (Å²) in [4.78, 5) is 52.5. The number of carbonyl (C=O) groups excluding carboxylic acids is 2. The number of urea groups is 1. The van der Waals surface area contributed by atoms with E-state index < -0.39 is 23.8 Å². The van der Waals surface area contributed by atoms with Gasteiger partial charge in [0.25, 0.3) is 0 Å². The fraction of sp³-hybridized carbons (Fsp3) is 0.276. The highest BCUT2D eigenvalue weighted by Crippen LogP contribution is 2.37. The Balaban J connectivity index is 0.00000384. The van der Waals surface area contributed by atoms with Crippen LogP contribution in [0.3, 0.4) is 0 Å². The van der Waals surface area contributed by atoms with E-state index in [9.17, 15) is 23.9 Å². The number of aliphatic imine (C=N–C) groups is 1. The molecule has 11 nitrogen and oxygen atoms in total. The number of hydrogen-bond donors (Lipinski definition) is 2. The number of amides is 2. The van der Waals surface area contributed by atoms with Crippen molar-refractivity contribution < 1.29 is 28.6 Å². The standard InChI is InChI=1S/C29H26ClFN6O5S.ClH/c1-42-28(40)23-22(33-25(26-32-8-11-43-26)34-24(23)20-7-4-17(31)12-21(20)30)15-35-9-10-36-19(13-35)14-37(29(36)41)18-5-2-16(3-6-18)27(38)39;/h2-8,11-12,19,24H,9-10,13-15H2,1H3,(H,33,34)(H,38,39);1H/t19-,24-;/m0./s1. The second-order valence-corrected chi connectivity index (χ2v) is 11.5. The number of piperazine rings is 1. The topological polar surface area (TPSA) is 128 Å². The number of ether oxygens (including phenoxy) is 1. The lowest BCUT2D eigenvalue weighted by molar-refractivity contribution is -0.136. The smallest absolute Gasteiger partial charge is 0.338 e. The predicted molar refractivity (Wildman–Crippen MR) is 165 cm³/mol. The van der Waals surface area contributed by atoms with Crippen molar-refractivity contribution in [3.63, 3.8) is 0 Å². The van der Waals surface area contributed by atoms with Crippen molar-refractivity contribution >= 4 is 64.8 Å². The van der Waals surface area contributed by atoms with E-state index in [2.05, 4.69) is 15.2 Å². The Morgan fingerprint density at radius 2 is 1.95 bits per heavy atom. The highest BCUT2D eigenvalue weighted by Gasteiger charge is 2.42. The van der Waals surface area contributed by atoms with Crippen molar-refractivity contribution in [1.82, 2.24) is 20.1 Å².